The second-order valence-corrected chi connectivity index (χ2v) is 5.34. The lowest BCUT2D eigenvalue weighted by atomic mass is 9.96. The molecular formula is C17H20O2. The van der Waals surface area contributed by atoms with Crippen molar-refractivity contribution in [3.05, 3.63) is 57.6 Å². The lowest BCUT2D eigenvalue weighted by molar-refractivity contribution is 0.464. The molecule has 0 aliphatic carbocycles. The largest absolute Gasteiger partial charge is 0.507 e. The third-order valence-electron chi connectivity index (χ3n) is 3.47. The number of hydrogen-bond donors (Lipinski definition) is 2. The van der Waals surface area contributed by atoms with Gasteiger partial charge in [-0.25, -0.2) is 0 Å². The first-order valence-electron chi connectivity index (χ1n) is 6.46. The molecule has 2 rings (SSSR count). The molecule has 2 heteroatoms. The highest BCUT2D eigenvalue weighted by atomic mass is 16.3. The zero-order valence-corrected chi connectivity index (χ0v) is 11.9. The second kappa shape index (κ2) is 4.96. The van der Waals surface area contributed by atoms with Crippen LogP contribution < -0.4 is 0 Å². The normalized spacial score (nSPS) is 10.7. The SMILES string of the molecule is Cc1cc(C)c(O)c(Cc2cc(C)c(O)c(C)c2)c1. The second-order valence-electron chi connectivity index (χ2n) is 5.34. The molecule has 0 aliphatic rings. The molecule has 2 N–H and O–H groups in total. The van der Waals surface area contributed by atoms with E-state index in [4.69, 9.17) is 0 Å². The van der Waals surface area contributed by atoms with Crippen LogP contribution in [0, 0.1) is 27.7 Å². The Hall–Kier alpha value is -1.96. The number of phenolic OH excluding ortho intramolecular Hbond substituents is 2. The molecule has 0 fully saturated rings. The summed E-state index contributed by atoms with van der Waals surface area (Å²) in [7, 11) is 0. The van der Waals surface area contributed by atoms with Crippen molar-refractivity contribution in [2.45, 2.75) is 34.1 Å². The van der Waals surface area contributed by atoms with Crippen molar-refractivity contribution < 1.29 is 10.2 Å². The molecule has 0 radical (unpaired) electrons. The summed E-state index contributed by atoms with van der Waals surface area (Å²) in [5.41, 5.74) is 5.84. The molecule has 0 atom stereocenters. The number of phenols is 2. The minimum Gasteiger partial charge on any atom is -0.507 e. The van der Waals surface area contributed by atoms with Crippen molar-refractivity contribution in [2.24, 2.45) is 0 Å². The topological polar surface area (TPSA) is 40.5 Å². The molecule has 0 bridgehead atoms. The lowest BCUT2D eigenvalue weighted by Crippen LogP contribution is -1.94. The van der Waals surface area contributed by atoms with Crippen LogP contribution in [0.15, 0.2) is 24.3 Å². The Morgan fingerprint density at radius 3 is 1.84 bits per heavy atom. The summed E-state index contributed by atoms with van der Waals surface area (Å²) in [6, 6.07) is 7.94. The Labute approximate surface area is 114 Å². The molecule has 0 saturated carbocycles. The van der Waals surface area contributed by atoms with Crippen LogP contribution in [-0.4, -0.2) is 10.2 Å². The van der Waals surface area contributed by atoms with Gasteiger partial charge in [-0.15, -0.1) is 0 Å². The molecule has 0 aromatic heterocycles. The molecule has 0 saturated heterocycles. The lowest BCUT2D eigenvalue weighted by Gasteiger charge is -2.11. The zero-order valence-electron chi connectivity index (χ0n) is 11.9. The maximum Gasteiger partial charge on any atom is 0.122 e. The van der Waals surface area contributed by atoms with Gasteiger partial charge in [0.15, 0.2) is 0 Å². The van der Waals surface area contributed by atoms with Crippen molar-refractivity contribution in [1.82, 2.24) is 0 Å². The molecule has 2 aromatic rings. The van der Waals surface area contributed by atoms with E-state index in [2.05, 4.69) is 0 Å². The van der Waals surface area contributed by atoms with Crippen LogP contribution in [0.25, 0.3) is 0 Å². The van der Waals surface area contributed by atoms with Gasteiger partial charge in [-0.05, 0) is 55.5 Å². The highest BCUT2D eigenvalue weighted by molar-refractivity contribution is 5.48. The standard InChI is InChI=1S/C17H20O2/c1-10-5-11(2)17(19)15(6-10)9-14-7-12(3)16(18)13(4)8-14/h5-8,18-19H,9H2,1-4H3. The highest BCUT2D eigenvalue weighted by Crippen LogP contribution is 2.29. The predicted molar refractivity (Wildman–Crippen MR) is 78.0 cm³/mol. The Balaban J connectivity index is 2.42. The van der Waals surface area contributed by atoms with Crippen molar-refractivity contribution in [3.8, 4) is 11.5 Å². The molecule has 19 heavy (non-hydrogen) atoms. The Kier molecular flexibility index (Phi) is 3.52. The summed E-state index contributed by atoms with van der Waals surface area (Å²) < 4.78 is 0. The highest BCUT2D eigenvalue weighted by Gasteiger charge is 2.09. The van der Waals surface area contributed by atoms with Crippen molar-refractivity contribution in [1.29, 1.82) is 0 Å². The summed E-state index contributed by atoms with van der Waals surface area (Å²) in [6.07, 6.45) is 0.677. The Morgan fingerprint density at radius 2 is 1.26 bits per heavy atom. The quantitative estimate of drug-likeness (QED) is 0.855. The van der Waals surface area contributed by atoms with E-state index < -0.39 is 0 Å². The predicted octanol–water partition coefficient (Wildman–Crippen LogP) is 3.92. The van der Waals surface area contributed by atoms with Gasteiger partial charge in [-0.3, -0.25) is 0 Å². The van der Waals surface area contributed by atoms with Gasteiger partial charge < -0.3 is 10.2 Å². The Morgan fingerprint density at radius 1 is 0.737 bits per heavy atom. The van der Waals surface area contributed by atoms with E-state index in [1.54, 1.807) is 0 Å². The molecule has 0 unspecified atom stereocenters. The monoisotopic (exact) mass is 256 g/mol. The van der Waals surface area contributed by atoms with Gasteiger partial charge in [0.25, 0.3) is 0 Å². The average molecular weight is 256 g/mol. The van der Waals surface area contributed by atoms with Gasteiger partial charge in [0.05, 0.1) is 0 Å². The van der Waals surface area contributed by atoms with E-state index in [9.17, 15) is 10.2 Å². The van der Waals surface area contributed by atoms with Crippen molar-refractivity contribution >= 4 is 0 Å². The van der Waals surface area contributed by atoms with Crippen LogP contribution in [0.1, 0.15) is 33.4 Å². The molecular weight excluding hydrogens is 236 g/mol. The van der Waals surface area contributed by atoms with Crippen molar-refractivity contribution in [3.63, 3.8) is 0 Å². The van der Waals surface area contributed by atoms with Crippen LogP contribution in [-0.2, 0) is 6.42 Å². The summed E-state index contributed by atoms with van der Waals surface area (Å²) in [4.78, 5) is 0. The van der Waals surface area contributed by atoms with Gasteiger partial charge in [0.2, 0.25) is 0 Å². The van der Waals surface area contributed by atoms with Gasteiger partial charge in [-0.1, -0.05) is 29.8 Å². The van der Waals surface area contributed by atoms with Crippen molar-refractivity contribution in [2.75, 3.05) is 0 Å². The summed E-state index contributed by atoms with van der Waals surface area (Å²) >= 11 is 0. The van der Waals surface area contributed by atoms with E-state index in [0.717, 1.165) is 33.4 Å². The number of aromatic hydroxyl groups is 2. The van der Waals surface area contributed by atoms with E-state index in [-0.39, 0.29) is 0 Å². The van der Waals surface area contributed by atoms with Crippen LogP contribution >= 0.6 is 0 Å². The first kappa shape index (κ1) is 13.5. The average Bonchev–Trinajstić information content (AvgIpc) is 2.32. The summed E-state index contributed by atoms with van der Waals surface area (Å²) in [6.45, 7) is 7.74. The smallest absolute Gasteiger partial charge is 0.122 e. The van der Waals surface area contributed by atoms with Crippen LogP contribution in [0.5, 0.6) is 11.5 Å². The first-order valence-corrected chi connectivity index (χ1v) is 6.46. The van der Waals surface area contributed by atoms with E-state index in [1.807, 2.05) is 52.0 Å². The maximum atomic E-state index is 10.1. The third-order valence-corrected chi connectivity index (χ3v) is 3.47. The molecule has 0 aliphatic heterocycles. The van der Waals surface area contributed by atoms with Crippen LogP contribution in [0.3, 0.4) is 0 Å². The fourth-order valence-corrected chi connectivity index (χ4v) is 2.55. The molecule has 2 nitrogen and oxygen atoms in total. The minimum absolute atomic E-state index is 0.355. The van der Waals surface area contributed by atoms with E-state index in [0.29, 0.717) is 17.9 Å². The molecule has 2 aromatic carbocycles. The van der Waals surface area contributed by atoms with Gasteiger partial charge in [-0.2, -0.15) is 0 Å². The molecule has 0 spiro atoms. The summed E-state index contributed by atoms with van der Waals surface area (Å²) in [5.74, 6) is 0.724. The summed E-state index contributed by atoms with van der Waals surface area (Å²) in [5, 5.41) is 19.9. The zero-order chi connectivity index (χ0) is 14.2. The first-order chi connectivity index (χ1) is 8.88. The number of benzene rings is 2. The van der Waals surface area contributed by atoms with Gasteiger partial charge in [0.1, 0.15) is 11.5 Å². The third kappa shape index (κ3) is 2.73. The minimum atomic E-state index is 0.355. The Bertz CT molecular complexity index is 604. The number of aryl methyl sites for hydroxylation is 4. The number of hydrogen-bond acceptors (Lipinski definition) is 2. The molecule has 100 valence electrons. The van der Waals surface area contributed by atoms with Crippen LogP contribution in [0.4, 0.5) is 0 Å². The van der Waals surface area contributed by atoms with E-state index >= 15 is 0 Å². The fraction of sp³-hybridized carbons (Fsp3) is 0.294. The fourth-order valence-electron chi connectivity index (χ4n) is 2.55. The van der Waals surface area contributed by atoms with Gasteiger partial charge >= 0.3 is 0 Å². The van der Waals surface area contributed by atoms with Crippen LogP contribution in [0.2, 0.25) is 0 Å². The van der Waals surface area contributed by atoms with Gasteiger partial charge in [0, 0.05) is 6.42 Å². The molecule has 0 heterocycles. The maximum absolute atomic E-state index is 10.1. The van der Waals surface area contributed by atoms with E-state index in [1.165, 1.54) is 0 Å². The molecule has 0 amide bonds. The number of rotatable bonds is 2.